The van der Waals surface area contributed by atoms with Crippen molar-refractivity contribution in [2.24, 2.45) is 17.6 Å². The molecule has 2 N–H and O–H groups in total. The van der Waals surface area contributed by atoms with Crippen LogP contribution in [0.25, 0.3) is 0 Å². The molecule has 0 radical (unpaired) electrons. The van der Waals surface area contributed by atoms with Gasteiger partial charge in [0.15, 0.2) is 0 Å². The van der Waals surface area contributed by atoms with Crippen molar-refractivity contribution >= 4 is 0 Å². The van der Waals surface area contributed by atoms with Gasteiger partial charge < -0.3 is 10.5 Å². The van der Waals surface area contributed by atoms with Crippen molar-refractivity contribution < 1.29 is 4.74 Å². The molecular weight excluding hydrogens is 236 g/mol. The summed E-state index contributed by atoms with van der Waals surface area (Å²) in [6, 6.07) is 0.837. The normalized spacial score (nSPS) is 35.5. The van der Waals surface area contributed by atoms with Crippen LogP contribution < -0.4 is 5.73 Å². The van der Waals surface area contributed by atoms with Gasteiger partial charge in [-0.05, 0) is 38.5 Å². The Bertz CT molecular complexity index is 269. The maximum atomic E-state index is 6.55. The van der Waals surface area contributed by atoms with Crippen molar-refractivity contribution in [2.75, 3.05) is 19.7 Å². The SMILES string of the molecule is CCC1CCCC(C(N)C2CN(C(C)C)CCO2)C1. The summed E-state index contributed by atoms with van der Waals surface area (Å²) in [6.45, 7) is 9.77. The molecule has 1 saturated heterocycles. The van der Waals surface area contributed by atoms with Gasteiger partial charge in [0.25, 0.3) is 0 Å². The Hall–Kier alpha value is -0.120. The van der Waals surface area contributed by atoms with Gasteiger partial charge in [-0.25, -0.2) is 0 Å². The third-order valence-electron chi connectivity index (χ3n) is 5.23. The molecule has 4 unspecified atom stereocenters. The molecule has 112 valence electrons. The van der Waals surface area contributed by atoms with Gasteiger partial charge in [0, 0.05) is 25.2 Å². The lowest BCUT2D eigenvalue weighted by Crippen LogP contribution is -2.55. The highest BCUT2D eigenvalue weighted by Crippen LogP contribution is 2.34. The summed E-state index contributed by atoms with van der Waals surface area (Å²) in [7, 11) is 0. The molecule has 4 atom stereocenters. The van der Waals surface area contributed by atoms with Gasteiger partial charge in [-0.1, -0.05) is 26.2 Å². The van der Waals surface area contributed by atoms with E-state index < -0.39 is 0 Å². The quantitative estimate of drug-likeness (QED) is 0.852. The fraction of sp³-hybridized carbons (Fsp3) is 1.00. The Morgan fingerprint density at radius 1 is 1.32 bits per heavy atom. The summed E-state index contributed by atoms with van der Waals surface area (Å²) in [5, 5.41) is 0. The molecule has 19 heavy (non-hydrogen) atoms. The lowest BCUT2D eigenvalue weighted by Gasteiger charge is -2.41. The third-order valence-corrected chi connectivity index (χ3v) is 5.23. The first-order valence-corrected chi connectivity index (χ1v) is 8.23. The summed E-state index contributed by atoms with van der Waals surface area (Å²) in [5.74, 6) is 1.57. The Morgan fingerprint density at radius 3 is 2.79 bits per heavy atom. The zero-order chi connectivity index (χ0) is 13.8. The summed E-state index contributed by atoms with van der Waals surface area (Å²) < 4.78 is 5.98. The number of hydrogen-bond donors (Lipinski definition) is 1. The summed E-state index contributed by atoms with van der Waals surface area (Å²) in [5.41, 5.74) is 6.55. The molecule has 0 bridgehead atoms. The monoisotopic (exact) mass is 268 g/mol. The van der Waals surface area contributed by atoms with E-state index in [1.165, 1.54) is 32.1 Å². The Kier molecular flexibility index (Phi) is 5.67. The van der Waals surface area contributed by atoms with E-state index >= 15 is 0 Å². The number of rotatable bonds is 4. The van der Waals surface area contributed by atoms with Crippen LogP contribution >= 0.6 is 0 Å². The molecule has 2 fully saturated rings. The second-order valence-electron chi connectivity index (χ2n) is 6.78. The van der Waals surface area contributed by atoms with Crippen LogP contribution in [0.5, 0.6) is 0 Å². The topological polar surface area (TPSA) is 38.5 Å². The first-order chi connectivity index (χ1) is 9.11. The Balaban J connectivity index is 1.89. The van der Waals surface area contributed by atoms with Gasteiger partial charge in [-0.15, -0.1) is 0 Å². The van der Waals surface area contributed by atoms with Gasteiger partial charge in [-0.2, -0.15) is 0 Å². The number of morpholine rings is 1. The van der Waals surface area contributed by atoms with E-state index in [1.54, 1.807) is 0 Å². The van der Waals surface area contributed by atoms with E-state index in [2.05, 4.69) is 25.7 Å². The van der Waals surface area contributed by atoms with Crippen LogP contribution in [0.15, 0.2) is 0 Å². The number of nitrogens with two attached hydrogens (primary N) is 1. The lowest BCUT2D eigenvalue weighted by atomic mass is 9.75. The van der Waals surface area contributed by atoms with Crippen LogP contribution in [0.3, 0.4) is 0 Å². The van der Waals surface area contributed by atoms with Gasteiger partial charge >= 0.3 is 0 Å². The highest BCUT2D eigenvalue weighted by Gasteiger charge is 2.34. The molecule has 1 saturated carbocycles. The van der Waals surface area contributed by atoms with E-state index in [4.69, 9.17) is 10.5 Å². The molecule has 0 aromatic heterocycles. The minimum absolute atomic E-state index is 0.232. The molecule has 0 amide bonds. The predicted molar refractivity (Wildman–Crippen MR) is 80.2 cm³/mol. The third kappa shape index (κ3) is 3.93. The first-order valence-electron chi connectivity index (χ1n) is 8.23. The molecule has 3 nitrogen and oxygen atoms in total. The van der Waals surface area contributed by atoms with Crippen LogP contribution in [0, 0.1) is 11.8 Å². The predicted octanol–water partition coefficient (Wildman–Crippen LogP) is 2.64. The molecule has 2 rings (SSSR count). The molecule has 0 aromatic rings. The smallest absolute Gasteiger partial charge is 0.0855 e. The fourth-order valence-electron chi connectivity index (χ4n) is 3.75. The van der Waals surface area contributed by atoms with E-state index in [9.17, 15) is 0 Å². The standard InChI is InChI=1S/C16H32N2O/c1-4-13-6-5-7-14(10-13)16(17)15-11-18(12(2)3)8-9-19-15/h12-16H,4-11,17H2,1-3H3. The first kappa shape index (κ1) is 15.3. The minimum Gasteiger partial charge on any atom is -0.374 e. The van der Waals surface area contributed by atoms with E-state index in [1.807, 2.05) is 0 Å². The Labute approximate surface area is 118 Å². The number of nitrogens with zero attached hydrogens (tertiary/aromatic N) is 1. The lowest BCUT2D eigenvalue weighted by molar-refractivity contribution is -0.0617. The minimum atomic E-state index is 0.232. The molecule has 1 aliphatic carbocycles. The van der Waals surface area contributed by atoms with Crippen LogP contribution in [0.2, 0.25) is 0 Å². The maximum absolute atomic E-state index is 6.55. The summed E-state index contributed by atoms with van der Waals surface area (Å²) >= 11 is 0. The summed E-state index contributed by atoms with van der Waals surface area (Å²) in [6.07, 6.45) is 6.95. The van der Waals surface area contributed by atoms with Crippen molar-refractivity contribution in [3.8, 4) is 0 Å². The van der Waals surface area contributed by atoms with Gasteiger partial charge in [0.2, 0.25) is 0 Å². The van der Waals surface area contributed by atoms with Gasteiger partial charge in [-0.3, -0.25) is 4.90 Å². The largest absolute Gasteiger partial charge is 0.374 e. The average molecular weight is 268 g/mol. The van der Waals surface area contributed by atoms with Crippen molar-refractivity contribution in [3.63, 3.8) is 0 Å². The van der Waals surface area contributed by atoms with Crippen LogP contribution in [-0.4, -0.2) is 42.8 Å². The van der Waals surface area contributed by atoms with Gasteiger partial charge in [0.1, 0.15) is 0 Å². The zero-order valence-electron chi connectivity index (χ0n) is 13.0. The van der Waals surface area contributed by atoms with Gasteiger partial charge in [0.05, 0.1) is 12.7 Å². The van der Waals surface area contributed by atoms with Crippen LogP contribution in [0.4, 0.5) is 0 Å². The molecule has 1 aliphatic heterocycles. The molecule has 1 heterocycles. The van der Waals surface area contributed by atoms with Crippen molar-refractivity contribution in [1.29, 1.82) is 0 Å². The molecule has 3 heteroatoms. The van der Waals surface area contributed by atoms with Crippen molar-refractivity contribution in [2.45, 2.75) is 71.1 Å². The molecule has 0 spiro atoms. The fourth-order valence-corrected chi connectivity index (χ4v) is 3.75. The highest BCUT2D eigenvalue weighted by molar-refractivity contribution is 4.89. The average Bonchev–Trinajstić information content (AvgIpc) is 2.46. The molecular formula is C16H32N2O. The van der Waals surface area contributed by atoms with Crippen LogP contribution in [0.1, 0.15) is 52.9 Å². The number of hydrogen-bond acceptors (Lipinski definition) is 3. The molecule has 0 aromatic carbocycles. The van der Waals surface area contributed by atoms with Crippen LogP contribution in [-0.2, 0) is 4.74 Å². The van der Waals surface area contributed by atoms with E-state index in [-0.39, 0.29) is 12.1 Å². The number of ether oxygens (including phenoxy) is 1. The zero-order valence-corrected chi connectivity index (χ0v) is 13.0. The summed E-state index contributed by atoms with van der Waals surface area (Å²) in [4.78, 5) is 2.51. The maximum Gasteiger partial charge on any atom is 0.0855 e. The molecule has 2 aliphatic rings. The van der Waals surface area contributed by atoms with Crippen molar-refractivity contribution in [3.05, 3.63) is 0 Å². The highest BCUT2D eigenvalue weighted by atomic mass is 16.5. The van der Waals surface area contributed by atoms with E-state index in [0.29, 0.717) is 12.0 Å². The van der Waals surface area contributed by atoms with Crippen molar-refractivity contribution in [1.82, 2.24) is 4.90 Å². The Morgan fingerprint density at radius 2 is 2.11 bits per heavy atom. The van der Waals surface area contributed by atoms with E-state index in [0.717, 1.165) is 25.6 Å². The second-order valence-corrected chi connectivity index (χ2v) is 6.78. The second kappa shape index (κ2) is 7.05.